The lowest BCUT2D eigenvalue weighted by Crippen LogP contribution is -2.34. The minimum absolute atomic E-state index is 0.0696. The smallest absolute Gasteiger partial charge is 0.224 e. The number of nitrogens with one attached hydrogen (secondary N) is 2. The molecule has 88 valence electrons. The number of rotatable bonds is 2. The van der Waals surface area contributed by atoms with Crippen molar-refractivity contribution in [1.82, 2.24) is 10.3 Å². The van der Waals surface area contributed by atoms with Gasteiger partial charge in [0.2, 0.25) is 6.54 Å². The van der Waals surface area contributed by atoms with Gasteiger partial charge in [-0.3, -0.25) is 10.1 Å². The molecule has 5 nitrogen and oxygen atoms in total. The van der Waals surface area contributed by atoms with Crippen molar-refractivity contribution in [2.24, 2.45) is 0 Å². The van der Waals surface area contributed by atoms with Gasteiger partial charge in [-0.25, -0.2) is 0 Å². The van der Waals surface area contributed by atoms with E-state index in [2.05, 4.69) is 16.4 Å². The quantitative estimate of drug-likeness (QED) is 0.609. The lowest BCUT2D eigenvalue weighted by atomic mass is 9.99. The molecule has 1 aliphatic rings. The average molecular weight is 231 g/mol. The zero-order chi connectivity index (χ0) is 11.8. The molecule has 0 saturated heterocycles. The summed E-state index contributed by atoms with van der Waals surface area (Å²) in [7, 11) is 0. The van der Waals surface area contributed by atoms with E-state index >= 15 is 0 Å². The highest BCUT2D eigenvalue weighted by Crippen LogP contribution is 2.29. The third kappa shape index (κ3) is 1.68. The first-order valence-electron chi connectivity index (χ1n) is 5.70. The minimum Gasteiger partial charge on any atom is -0.357 e. The Labute approximate surface area is 98.0 Å². The van der Waals surface area contributed by atoms with Crippen LogP contribution in [0.4, 0.5) is 0 Å². The number of hydrogen-bond acceptors (Lipinski definition) is 3. The highest BCUT2D eigenvalue weighted by atomic mass is 16.6. The number of aromatic nitrogens is 1. The predicted octanol–water partition coefficient (Wildman–Crippen LogP) is 1.63. The second-order valence-corrected chi connectivity index (χ2v) is 4.33. The number of aromatic amines is 1. The molecule has 2 aromatic rings. The van der Waals surface area contributed by atoms with Gasteiger partial charge in [0.05, 0.1) is 0 Å². The topological polar surface area (TPSA) is 71.0 Å². The van der Waals surface area contributed by atoms with Crippen LogP contribution in [-0.4, -0.2) is 23.0 Å². The van der Waals surface area contributed by atoms with Gasteiger partial charge in [0.25, 0.3) is 0 Å². The summed E-state index contributed by atoms with van der Waals surface area (Å²) in [4.78, 5) is 13.7. The lowest BCUT2D eigenvalue weighted by molar-refractivity contribution is -0.484. The number of para-hydroxylation sites is 1. The summed E-state index contributed by atoms with van der Waals surface area (Å²) in [6, 6.07) is 7.86. The summed E-state index contributed by atoms with van der Waals surface area (Å²) >= 11 is 0. The monoisotopic (exact) mass is 231 g/mol. The Kier molecular flexibility index (Phi) is 2.33. The van der Waals surface area contributed by atoms with Crippen LogP contribution in [0.2, 0.25) is 0 Å². The summed E-state index contributed by atoms with van der Waals surface area (Å²) in [6.07, 6.45) is 0.924. The number of fused-ring (bicyclic) bond motifs is 3. The van der Waals surface area contributed by atoms with Crippen molar-refractivity contribution in [3.05, 3.63) is 45.6 Å². The molecule has 2 N–H and O–H groups in total. The number of nitrogens with zero attached hydrogens (tertiary/aromatic N) is 1. The molecule has 3 rings (SSSR count). The first-order chi connectivity index (χ1) is 8.25. The molecule has 0 fully saturated rings. The molecule has 0 radical (unpaired) electrons. The molecule has 1 aromatic carbocycles. The molecule has 1 aromatic heterocycles. The summed E-state index contributed by atoms with van der Waals surface area (Å²) in [5.41, 5.74) is 3.27. The van der Waals surface area contributed by atoms with Crippen molar-refractivity contribution in [3.8, 4) is 0 Å². The second kappa shape index (κ2) is 3.85. The molecule has 0 bridgehead atoms. The van der Waals surface area contributed by atoms with Gasteiger partial charge in [0.1, 0.15) is 6.04 Å². The van der Waals surface area contributed by atoms with E-state index in [1.165, 1.54) is 10.9 Å². The van der Waals surface area contributed by atoms with Gasteiger partial charge in [-0.1, -0.05) is 18.2 Å². The maximum absolute atomic E-state index is 10.6. The van der Waals surface area contributed by atoms with E-state index in [0.29, 0.717) is 0 Å². The molecule has 0 aliphatic carbocycles. The predicted molar refractivity (Wildman–Crippen MR) is 64.6 cm³/mol. The molecule has 0 amide bonds. The fourth-order valence-electron chi connectivity index (χ4n) is 2.57. The van der Waals surface area contributed by atoms with Crippen LogP contribution in [0, 0.1) is 10.1 Å². The van der Waals surface area contributed by atoms with E-state index in [1.54, 1.807) is 0 Å². The Balaban J connectivity index is 2.10. The van der Waals surface area contributed by atoms with Crippen LogP contribution in [-0.2, 0) is 6.42 Å². The maximum atomic E-state index is 10.6. The lowest BCUT2D eigenvalue weighted by Gasteiger charge is -2.20. The van der Waals surface area contributed by atoms with Gasteiger partial charge in [0, 0.05) is 28.1 Å². The van der Waals surface area contributed by atoms with E-state index in [-0.39, 0.29) is 17.5 Å². The Bertz CT molecular complexity index is 576. The van der Waals surface area contributed by atoms with Crippen molar-refractivity contribution in [1.29, 1.82) is 0 Å². The molecule has 1 aliphatic heterocycles. The van der Waals surface area contributed by atoms with Crippen molar-refractivity contribution >= 4 is 10.9 Å². The van der Waals surface area contributed by atoms with Crippen molar-refractivity contribution < 1.29 is 4.92 Å². The number of H-pyrrole nitrogens is 1. The molecule has 2 heterocycles. The second-order valence-electron chi connectivity index (χ2n) is 4.33. The Hall–Kier alpha value is -1.88. The molecular formula is C12H13N3O2. The van der Waals surface area contributed by atoms with Crippen molar-refractivity contribution in [2.45, 2.75) is 12.5 Å². The fraction of sp³-hybridized carbons (Fsp3) is 0.333. The third-order valence-corrected chi connectivity index (χ3v) is 3.29. The van der Waals surface area contributed by atoms with E-state index in [4.69, 9.17) is 0 Å². The molecule has 5 heteroatoms. The van der Waals surface area contributed by atoms with Crippen LogP contribution < -0.4 is 5.32 Å². The fourth-order valence-corrected chi connectivity index (χ4v) is 2.57. The first kappa shape index (κ1) is 10.3. The number of hydrogen-bond donors (Lipinski definition) is 2. The summed E-state index contributed by atoms with van der Waals surface area (Å²) in [6.45, 7) is 0.729. The van der Waals surface area contributed by atoms with Crippen molar-refractivity contribution in [2.75, 3.05) is 13.1 Å². The van der Waals surface area contributed by atoms with E-state index in [1.807, 2.05) is 18.2 Å². The van der Waals surface area contributed by atoms with Crippen LogP contribution >= 0.6 is 0 Å². The molecule has 0 saturated carbocycles. The van der Waals surface area contributed by atoms with Crippen LogP contribution in [0.25, 0.3) is 10.9 Å². The molecule has 1 unspecified atom stereocenters. The zero-order valence-corrected chi connectivity index (χ0v) is 9.27. The summed E-state index contributed by atoms with van der Waals surface area (Å²) in [5, 5.41) is 15.0. The van der Waals surface area contributed by atoms with Gasteiger partial charge >= 0.3 is 0 Å². The highest BCUT2D eigenvalue weighted by Gasteiger charge is 2.26. The zero-order valence-electron chi connectivity index (χ0n) is 9.27. The van der Waals surface area contributed by atoms with Gasteiger partial charge in [0.15, 0.2) is 0 Å². The van der Waals surface area contributed by atoms with E-state index in [9.17, 15) is 10.1 Å². The Morgan fingerprint density at radius 2 is 2.24 bits per heavy atom. The highest BCUT2D eigenvalue weighted by molar-refractivity contribution is 5.85. The van der Waals surface area contributed by atoms with Crippen LogP contribution in [0.1, 0.15) is 17.3 Å². The SMILES string of the molecule is O=[N+]([O-])CC1NCCc2c1[nH]c1ccccc21. The largest absolute Gasteiger partial charge is 0.357 e. The van der Waals surface area contributed by atoms with Gasteiger partial charge in [-0.15, -0.1) is 0 Å². The Morgan fingerprint density at radius 1 is 1.41 bits per heavy atom. The summed E-state index contributed by atoms with van der Waals surface area (Å²) in [5.74, 6) is 0. The number of nitro groups is 1. The third-order valence-electron chi connectivity index (χ3n) is 3.29. The van der Waals surface area contributed by atoms with Crippen LogP contribution in [0.5, 0.6) is 0 Å². The summed E-state index contributed by atoms with van der Waals surface area (Å²) < 4.78 is 0. The minimum atomic E-state index is -0.266. The molecule has 17 heavy (non-hydrogen) atoms. The van der Waals surface area contributed by atoms with E-state index < -0.39 is 0 Å². The van der Waals surface area contributed by atoms with Crippen LogP contribution in [0.3, 0.4) is 0 Å². The van der Waals surface area contributed by atoms with Gasteiger partial charge < -0.3 is 10.3 Å². The van der Waals surface area contributed by atoms with Gasteiger partial charge in [-0.05, 0) is 18.1 Å². The Morgan fingerprint density at radius 3 is 3.06 bits per heavy atom. The first-order valence-corrected chi connectivity index (χ1v) is 5.70. The molecule has 1 atom stereocenters. The normalized spacial score (nSPS) is 19.2. The van der Waals surface area contributed by atoms with Crippen molar-refractivity contribution in [3.63, 3.8) is 0 Å². The maximum Gasteiger partial charge on any atom is 0.224 e. The molecule has 0 spiro atoms. The number of benzene rings is 1. The van der Waals surface area contributed by atoms with Crippen LogP contribution in [0.15, 0.2) is 24.3 Å². The van der Waals surface area contributed by atoms with Gasteiger partial charge in [-0.2, -0.15) is 0 Å². The standard InChI is InChI=1S/C12H13N3O2/c16-15(17)7-11-12-9(5-6-13-11)8-3-1-2-4-10(8)14-12/h1-4,11,13-14H,5-7H2. The molecular weight excluding hydrogens is 218 g/mol. The average Bonchev–Trinajstić information content (AvgIpc) is 2.68. The van der Waals surface area contributed by atoms with E-state index in [0.717, 1.165) is 24.2 Å².